The smallest absolute Gasteiger partial charge is 0.445 e. The van der Waals surface area contributed by atoms with Gasteiger partial charge in [-0.1, -0.05) is 83.4 Å². The number of halogens is 3. The fourth-order valence-electron chi connectivity index (χ4n) is 3.58. The molecule has 0 unspecified atom stereocenters. The van der Waals surface area contributed by atoms with E-state index in [9.17, 15) is 12.9 Å². The van der Waals surface area contributed by atoms with E-state index < -0.39 is 12.4 Å². The highest BCUT2D eigenvalue weighted by Gasteiger charge is 2.30. The van der Waals surface area contributed by atoms with Gasteiger partial charge >= 0.3 is 6.98 Å². The Balaban J connectivity index is 2.67. The van der Waals surface area contributed by atoms with Crippen LogP contribution in [0.25, 0.3) is 0 Å². The maximum atomic E-state index is 13.7. The first kappa shape index (κ1) is 24.9. The zero-order chi connectivity index (χ0) is 23.5. The second-order valence-corrected chi connectivity index (χ2v) is 9.00. The van der Waals surface area contributed by atoms with Gasteiger partial charge in [0.25, 0.3) is 0 Å². The number of nitrogens with zero attached hydrogens (tertiary/aromatic N) is 2. The van der Waals surface area contributed by atoms with Crippen molar-refractivity contribution in [3.05, 3.63) is 53.1 Å². The predicted octanol–water partition coefficient (Wildman–Crippen LogP) is 8.00. The monoisotopic (exact) mass is 429 g/mol. The molecule has 0 radical (unpaired) electrons. The summed E-state index contributed by atoms with van der Waals surface area (Å²) in [5.41, 5.74) is 4.21. The van der Waals surface area contributed by atoms with E-state index in [0.717, 1.165) is 22.9 Å². The van der Waals surface area contributed by atoms with Gasteiger partial charge in [0.05, 0.1) is 17.1 Å². The van der Waals surface area contributed by atoms with E-state index in [1.807, 2.05) is 26.8 Å². The van der Waals surface area contributed by atoms with Gasteiger partial charge in [-0.3, -0.25) is 9.98 Å². The van der Waals surface area contributed by atoms with Crippen molar-refractivity contribution < 1.29 is 12.9 Å². The van der Waals surface area contributed by atoms with Crippen LogP contribution in [0.4, 0.5) is 24.3 Å². The Labute approximate surface area is 184 Å². The Morgan fingerprint density at radius 1 is 0.645 bits per heavy atom. The van der Waals surface area contributed by atoms with Gasteiger partial charge in [-0.2, -0.15) is 0 Å². The lowest BCUT2D eigenvalue weighted by molar-refractivity contribution is 0.501. The summed E-state index contributed by atoms with van der Waals surface area (Å²) in [6, 6.07) is 10.5. The van der Waals surface area contributed by atoms with Crippen LogP contribution in [0.2, 0.25) is 0 Å². The molecule has 0 heterocycles. The van der Waals surface area contributed by atoms with Crippen LogP contribution in [0.1, 0.15) is 89.8 Å². The molecule has 6 heteroatoms. The molecule has 0 amide bonds. The molecule has 31 heavy (non-hydrogen) atoms. The molecule has 0 saturated carbocycles. The van der Waals surface area contributed by atoms with E-state index >= 15 is 0 Å². The zero-order valence-corrected chi connectivity index (χ0v) is 19.8. The average Bonchev–Trinajstić information content (AvgIpc) is 2.66. The van der Waals surface area contributed by atoms with Gasteiger partial charge in [0.2, 0.25) is 0 Å². The lowest BCUT2D eigenvalue weighted by Gasteiger charge is -2.22. The highest BCUT2D eigenvalue weighted by Crippen LogP contribution is 2.35. The molecule has 0 N–H and O–H groups in total. The largest absolute Gasteiger partial charge is 0.511 e. The van der Waals surface area contributed by atoms with Gasteiger partial charge < -0.3 is 12.9 Å². The molecule has 0 aliphatic heterocycles. The Morgan fingerprint density at radius 2 is 1.00 bits per heavy atom. The Kier molecular flexibility index (Phi) is 7.90. The number of para-hydroxylation sites is 2. The molecule has 0 aliphatic carbocycles. The summed E-state index contributed by atoms with van der Waals surface area (Å²) in [7, 11) is 0. The number of benzene rings is 2. The second-order valence-electron chi connectivity index (χ2n) is 9.00. The van der Waals surface area contributed by atoms with Crippen LogP contribution >= 0.6 is 0 Å². The van der Waals surface area contributed by atoms with E-state index in [1.165, 1.54) is 6.07 Å². The molecular formula is C25H33BF3N2-. The lowest BCUT2D eigenvalue weighted by atomic mass is 9.76. The van der Waals surface area contributed by atoms with Gasteiger partial charge in [0, 0.05) is 5.69 Å². The topological polar surface area (TPSA) is 24.7 Å². The van der Waals surface area contributed by atoms with Crippen molar-refractivity contribution in [2.75, 3.05) is 0 Å². The minimum atomic E-state index is -5.17. The third-order valence-corrected chi connectivity index (χ3v) is 5.50. The molecule has 168 valence electrons. The van der Waals surface area contributed by atoms with Gasteiger partial charge in [-0.05, 0) is 48.3 Å². The predicted molar refractivity (Wildman–Crippen MR) is 129 cm³/mol. The summed E-state index contributed by atoms with van der Waals surface area (Å²) in [5, 5.41) is 0. The standard InChI is InChI=1S/C25H33BF3N2/c1-15(2)20-11-9-12-21(16(3)4)24(20)30-18(7)19(8)31-25-22(17(5)6)13-10-14-23(25)26(27,28)29/h9-17H,1-8H3/q-1. The van der Waals surface area contributed by atoms with Crippen LogP contribution in [0, 0.1) is 0 Å². The van der Waals surface area contributed by atoms with Gasteiger partial charge in [-0.15, -0.1) is 0 Å². The molecule has 0 fully saturated rings. The Bertz CT molecular complexity index is 960. The summed E-state index contributed by atoms with van der Waals surface area (Å²) in [6.45, 7) is 10.6. The highest BCUT2D eigenvalue weighted by atomic mass is 19.4. The maximum Gasteiger partial charge on any atom is 0.511 e. The van der Waals surface area contributed by atoms with E-state index in [-0.39, 0.29) is 23.4 Å². The van der Waals surface area contributed by atoms with Crippen LogP contribution in [-0.4, -0.2) is 18.4 Å². The van der Waals surface area contributed by atoms with E-state index in [1.54, 1.807) is 13.0 Å². The summed E-state index contributed by atoms with van der Waals surface area (Å²) in [5.74, 6) is 0.489. The maximum absolute atomic E-state index is 13.7. The normalized spacial score (nSPS) is 13.6. The number of hydrogen-bond acceptors (Lipinski definition) is 2. The van der Waals surface area contributed by atoms with Crippen molar-refractivity contribution in [1.82, 2.24) is 0 Å². The average molecular weight is 429 g/mol. The van der Waals surface area contributed by atoms with Crippen molar-refractivity contribution in [3.63, 3.8) is 0 Å². The van der Waals surface area contributed by atoms with Crippen molar-refractivity contribution >= 4 is 35.2 Å². The number of rotatable bonds is 7. The van der Waals surface area contributed by atoms with E-state index in [4.69, 9.17) is 4.99 Å². The molecule has 2 nitrogen and oxygen atoms in total. The van der Waals surface area contributed by atoms with Crippen molar-refractivity contribution in [3.8, 4) is 0 Å². The summed E-state index contributed by atoms with van der Waals surface area (Å²) >= 11 is 0. The molecule has 0 aliphatic rings. The minimum Gasteiger partial charge on any atom is -0.445 e. The molecule has 0 bridgehead atoms. The van der Waals surface area contributed by atoms with Crippen molar-refractivity contribution in [1.29, 1.82) is 0 Å². The summed E-state index contributed by atoms with van der Waals surface area (Å²) in [6.07, 6.45) is 0. The molecule has 2 aromatic rings. The van der Waals surface area contributed by atoms with Crippen molar-refractivity contribution in [2.45, 2.75) is 73.1 Å². The van der Waals surface area contributed by atoms with E-state index in [0.29, 0.717) is 17.0 Å². The first-order valence-corrected chi connectivity index (χ1v) is 10.9. The van der Waals surface area contributed by atoms with Crippen LogP contribution in [0.15, 0.2) is 46.4 Å². The fourth-order valence-corrected chi connectivity index (χ4v) is 3.58. The molecule has 0 saturated heterocycles. The first-order valence-electron chi connectivity index (χ1n) is 10.9. The van der Waals surface area contributed by atoms with Crippen molar-refractivity contribution in [2.24, 2.45) is 9.98 Å². The number of aliphatic imine (C=N–C) groups is 2. The molecule has 2 aromatic carbocycles. The third kappa shape index (κ3) is 5.87. The SMILES string of the molecule is CC(=Nc1c(C(C)C)cccc1C(C)C)C(C)=Nc1c(C(C)C)cccc1[B-](F)(F)F. The van der Waals surface area contributed by atoms with Gasteiger partial charge in [0.1, 0.15) is 0 Å². The van der Waals surface area contributed by atoms with Crippen LogP contribution in [-0.2, 0) is 0 Å². The summed E-state index contributed by atoms with van der Waals surface area (Å²) < 4.78 is 41.2. The Hall–Kier alpha value is -2.37. The molecule has 2 rings (SSSR count). The molecule has 0 aromatic heterocycles. The van der Waals surface area contributed by atoms with Gasteiger partial charge in [0.15, 0.2) is 0 Å². The number of hydrogen-bond donors (Lipinski definition) is 0. The zero-order valence-electron chi connectivity index (χ0n) is 19.8. The molecular weight excluding hydrogens is 396 g/mol. The second kappa shape index (κ2) is 9.84. The van der Waals surface area contributed by atoms with Gasteiger partial charge in [-0.25, -0.2) is 0 Å². The highest BCUT2D eigenvalue weighted by molar-refractivity contribution is 6.75. The Morgan fingerprint density at radius 3 is 1.39 bits per heavy atom. The summed E-state index contributed by atoms with van der Waals surface area (Å²) in [4.78, 5) is 9.35. The van der Waals surface area contributed by atoms with E-state index in [2.05, 4.69) is 44.8 Å². The minimum absolute atomic E-state index is 0.0123. The third-order valence-electron chi connectivity index (χ3n) is 5.50. The molecule has 0 spiro atoms. The van der Waals surface area contributed by atoms with Crippen LogP contribution in [0.5, 0.6) is 0 Å². The van der Waals surface area contributed by atoms with Crippen LogP contribution < -0.4 is 5.46 Å². The molecule has 0 atom stereocenters. The fraction of sp³-hybridized carbons (Fsp3) is 0.440. The quantitative estimate of drug-likeness (QED) is 0.315. The van der Waals surface area contributed by atoms with Crippen LogP contribution in [0.3, 0.4) is 0 Å². The first-order chi connectivity index (χ1) is 14.3. The lowest BCUT2D eigenvalue weighted by Crippen LogP contribution is -2.35.